The van der Waals surface area contributed by atoms with Crippen molar-refractivity contribution in [3.63, 3.8) is 0 Å². The van der Waals surface area contributed by atoms with Gasteiger partial charge in [-0.1, -0.05) is 15.9 Å². The molecule has 1 saturated heterocycles. The normalized spacial score (nSPS) is 21.1. The lowest BCUT2D eigenvalue weighted by atomic mass is 10.2. The summed E-state index contributed by atoms with van der Waals surface area (Å²) in [6.45, 7) is 2.32. The van der Waals surface area contributed by atoms with Gasteiger partial charge in [0.05, 0.1) is 11.9 Å². The third-order valence-corrected chi connectivity index (χ3v) is 5.34. The number of ether oxygens (including phenoxy) is 1. The van der Waals surface area contributed by atoms with Crippen molar-refractivity contribution in [2.75, 3.05) is 19.4 Å². The predicted molar refractivity (Wildman–Crippen MR) is 88.2 cm³/mol. The lowest BCUT2D eigenvalue weighted by molar-refractivity contribution is -0.147. The molecule has 0 aromatic heterocycles. The average Bonchev–Trinajstić information content (AvgIpc) is 2.90. The smallest absolute Gasteiger partial charge is 0.326 e. The van der Waals surface area contributed by atoms with E-state index in [-0.39, 0.29) is 17.8 Å². The second-order valence-electron chi connectivity index (χ2n) is 5.19. The fourth-order valence-electron chi connectivity index (χ4n) is 2.48. The molecule has 0 aliphatic carbocycles. The number of methoxy groups -OCH3 is 1. The van der Waals surface area contributed by atoms with Crippen LogP contribution in [-0.4, -0.2) is 53.4 Å². The molecule has 0 radical (unpaired) electrons. The van der Waals surface area contributed by atoms with E-state index in [1.54, 1.807) is 0 Å². The third-order valence-electron chi connectivity index (χ3n) is 3.69. The molecule has 1 aromatic rings. The summed E-state index contributed by atoms with van der Waals surface area (Å²) in [5.74, 6) is -0.917. The molecule has 0 bridgehead atoms. The Morgan fingerprint density at radius 2 is 2.23 bits per heavy atom. The van der Waals surface area contributed by atoms with Crippen molar-refractivity contribution in [2.24, 2.45) is 0 Å². The summed E-state index contributed by atoms with van der Waals surface area (Å²) in [4.78, 5) is 26.1. The van der Waals surface area contributed by atoms with E-state index < -0.39 is 12.0 Å². The van der Waals surface area contributed by atoms with Crippen LogP contribution in [0.5, 0.6) is 0 Å². The van der Waals surface area contributed by atoms with Gasteiger partial charge in [-0.05, 0) is 30.7 Å². The minimum absolute atomic E-state index is 0.167. The van der Waals surface area contributed by atoms with E-state index in [2.05, 4.69) is 15.9 Å². The Kier molecular flexibility index (Phi) is 5.88. The molecule has 2 atom stereocenters. The fraction of sp³-hybridized carbons (Fsp3) is 0.467. The van der Waals surface area contributed by atoms with Gasteiger partial charge in [0.2, 0.25) is 5.91 Å². The standard InChI is InChI=1S/C15H18BrNO4S/c1-9-5-10(16)3-4-13(9)22-8-14(18)17-7-11(21-2)6-12(17)15(19)20/h3-5,11-12H,6-8H2,1-2H3,(H,19,20). The summed E-state index contributed by atoms with van der Waals surface area (Å²) in [6, 6.07) is 5.08. The highest BCUT2D eigenvalue weighted by Crippen LogP contribution is 2.27. The number of thioether (sulfide) groups is 1. The number of carboxylic acids is 1. The quantitative estimate of drug-likeness (QED) is 0.786. The maximum absolute atomic E-state index is 12.4. The van der Waals surface area contributed by atoms with E-state index in [9.17, 15) is 14.7 Å². The summed E-state index contributed by atoms with van der Waals surface area (Å²) >= 11 is 4.83. The molecule has 22 heavy (non-hydrogen) atoms. The van der Waals surface area contributed by atoms with Gasteiger partial charge in [-0.3, -0.25) is 4.79 Å². The maximum atomic E-state index is 12.4. The first kappa shape index (κ1) is 17.3. The molecule has 2 rings (SSSR count). The van der Waals surface area contributed by atoms with Crippen LogP contribution in [0.25, 0.3) is 0 Å². The Balaban J connectivity index is 2.00. The maximum Gasteiger partial charge on any atom is 0.326 e. The SMILES string of the molecule is COC1CC(C(=O)O)N(C(=O)CSc2ccc(Br)cc2C)C1. The van der Waals surface area contributed by atoms with E-state index in [1.807, 2.05) is 25.1 Å². The van der Waals surface area contributed by atoms with Gasteiger partial charge in [0.1, 0.15) is 6.04 Å². The number of carbonyl (C=O) groups is 2. The number of carboxylic acid groups (broad SMARTS) is 1. The van der Waals surface area contributed by atoms with Gasteiger partial charge in [0, 0.05) is 29.4 Å². The highest BCUT2D eigenvalue weighted by Gasteiger charge is 2.39. The number of likely N-dealkylation sites (tertiary alicyclic amines) is 1. The molecule has 1 aliphatic heterocycles. The number of rotatable bonds is 5. The number of aliphatic carboxylic acids is 1. The van der Waals surface area contributed by atoms with Crippen molar-refractivity contribution in [1.82, 2.24) is 4.90 Å². The molecular weight excluding hydrogens is 370 g/mol. The lowest BCUT2D eigenvalue weighted by Gasteiger charge is -2.21. The number of hydrogen-bond acceptors (Lipinski definition) is 4. The molecule has 1 amide bonds. The summed E-state index contributed by atoms with van der Waals surface area (Å²) < 4.78 is 6.19. The van der Waals surface area contributed by atoms with Gasteiger partial charge in [-0.15, -0.1) is 11.8 Å². The highest BCUT2D eigenvalue weighted by atomic mass is 79.9. The molecular formula is C15H18BrNO4S. The van der Waals surface area contributed by atoms with E-state index in [4.69, 9.17) is 4.74 Å². The number of aryl methyl sites for hydroxylation is 1. The molecule has 5 nitrogen and oxygen atoms in total. The number of carbonyl (C=O) groups excluding carboxylic acids is 1. The minimum atomic E-state index is -0.974. The van der Waals surface area contributed by atoms with Crippen molar-refractivity contribution in [1.29, 1.82) is 0 Å². The van der Waals surface area contributed by atoms with E-state index in [0.29, 0.717) is 13.0 Å². The van der Waals surface area contributed by atoms with Crippen molar-refractivity contribution in [3.05, 3.63) is 28.2 Å². The molecule has 1 aromatic carbocycles. The van der Waals surface area contributed by atoms with Crippen LogP contribution in [0.1, 0.15) is 12.0 Å². The molecule has 1 N–H and O–H groups in total. The molecule has 1 fully saturated rings. The van der Waals surface area contributed by atoms with Crippen molar-refractivity contribution in [2.45, 2.75) is 30.4 Å². The zero-order valence-electron chi connectivity index (χ0n) is 12.4. The zero-order valence-corrected chi connectivity index (χ0v) is 14.8. The van der Waals surface area contributed by atoms with E-state index in [0.717, 1.165) is 14.9 Å². The van der Waals surface area contributed by atoms with Crippen LogP contribution in [0, 0.1) is 6.92 Å². The molecule has 1 heterocycles. The molecule has 7 heteroatoms. The monoisotopic (exact) mass is 387 g/mol. The Morgan fingerprint density at radius 1 is 1.50 bits per heavy atom. The summed E-state index contributed by atoms with van der Waals surface area (Å²) in [5, 5.41) is 9.24. The molecule has 2 unspecified atom stereocenters. The number of nitrogens with zero attached hydrogens (tertiary/aromatic N) is 1. The minimum Gasteiger partial charge on any atom is -0.480 e. The van der Waals surface area contributed by atoms with Crippen molar-refractivity contribution < 1.29 is 19.4 Å². The van der Waals surface area contributed by atoms with Crippen LogP contribution in [0.3, 0.4) is 0 Å². The Bertz CT molecular complexity index is 581. The highest BCUT2D eigenvalue weighted by molar-refractivity contribution is 9.10. The lowest BCUT2D eigenvalue weighted by Crippen LogP contribution is -2.41. The van der Waals surface area contributed by atoms with Gasteiger partial charge in [-0.25, -0.2) is 4.79 Å². The van der Waals surface area contributed by atoms with Crippen LogP contribution >= 0.6 is 27.7 Å². The summed E-state index contributed by atoms with van der Waals surface area (Å²) in [7, 11) is 1.54. The Morgan fingerprint density at radius 3 is 2.82 bits per heavy atom. The van der Waals surface area contributed by atoms with Crippen LogP contribution in [0.4, 0.5) is 0 Å². The Hall–Kier alpha value is -1.05. The van der Waals surface area contributed by atoms with Crippen LogP contribution in [-0.2, 0) is 14.3 Å². The summed E-state index contributed by atoms with van der Waals surface area (Å²) in [5.41, 5.74) is 1.08. The van der Waals surface area contributed by atoms with Gasteiger partial charge in [0.25, 0.3) is 0 Å². The van der Waals surface area contributed by atoms with Crippen molar-refractivity contribution in [3.8, 4) is 0 Å². The first-order chi connectivity index (χ1) is 10.4. The van der Waals surface area contributed by atoms with Gasteiger partial charge < -0.3 is 14.7 Å². The Labute approximate surface area is 142 Å². The number of benzene rings is 1. The van der Waals surface area contributed by atoms with Gasteiger partial charge in [-0.2, -0.15) is 0 Å². The molecule has 120 valence electrons. The van der Waals surface area contributed by atoms with Crippen LogP contribution in [0.15, 0.2) is 27.6 Å². The number of amides is 1. The first-order valence-corrected chi connectivity index (χ1v) is 8.64. The van der Waals surface area contributed by atoms with E-state index >= 15 is 0 Å². The average molecular weight is 388 g/mol. The molecule has 0 saturated carbocycles. The largest absolute Gasteiger partial charge is 0.480 e. The van der Waals surface area contributed by atoms with Gasteiger partial charge >= 0.3 is 5.97 Å². The number of halogens is 1. The summed E-state index contributed by atoms with van der Waals surface area (Å²) in [6.07, 6.45) is 0.143. The number of hydrogen-bond donors (Lipinski definition) is 1. The second-order valence-corrected chi connectivity index (χ2v) is 7.12. The fourth-order valence-corrected chi connectivity index (χ4v) is 3.85. The zero-order chi connectivity index (χ0) is 16.3. The third kappa shape index (κ3) is 4.02. The van der Waals surface area contributed by atoms with Gasteiger partial charge in [0.15, 0.2) is 0 Å². The van der Waals surface area contributed by atoms with Crippen LogP contribution < -0.4 is 0 Å². The molecule has 0 spiro atoms. The topological polar surface area (TPSA) is 66.8 Å². The van der Waals surface area contributed by atoms with Crippen molar-refractivity contribution >= 4 is 39.6 Å². The van der Waals surface area contributed by atoms with E-state index in [1.165, 1.54) is 23.8 Å². The molecule has 1 aliphatic rings. The first-order valence-electron chi connectivity index (χ1n) is 6.86. The van der Waals surface area contributed by atoms with Crippen LogP contribution in [0.2, 0.25) is 0 Å². The predicted octanol–water partition coefficient (Wildman–Crippen LogP) is 2.55. The second kappa shape index (κ2) is 7.48.